The average Bonchev–Trinajstić information content (AvgIpc) is 2.59. The van der Waals surface area contributed by atoms with Gasteiger partial charge in [-0.3, -0.25) is 0 Å². The number of halogens is 3. The summed E-state index contributed by atoms with van der Waals surface area (Å²) in [4.78, 5) is 3.00. The smallest absolute Gasteiger partial charge is 0.0529 e. The van der Waals surface area contributed by atoms with E-state index in [0.717, 1.165) is 11.4 Å². The number of alkyl halides is 1. The van der Waals surface area contributed by atoms with Crippen molar-refractivity contribution < 1.29 is 0 Å². The van der Waals surface area contributed by atoms with Gasteiger partial charge in [0.2, 0.25) is 0 Å². The minimum absolute atomic E-state index is 0.343. The zero-order chi connectivity index (χ0) is 12.4. The summed E-state index contributed by atoms with van der Waals surface area (Å²) in [6.45, 7) is 2.12. The van der Waals surface area contributed by atoms with Crippen molar-refractivity contribution in [1.29, 1.82) is 0 Å². The molecule has 2 rings (SSSR count). The Morgan fingerprint density at radius 1 is 1.35 bits per heavy atom. The molecule has 0 amide bonds. The van der Waals surface area contributed by atoms with E-state index < -0.39 is 0 Å². The second-order valence-corrected chi connectivity index (χ2v) is 7.54. The molecule has 1 heterocycles. The van der Waals surface area contributed by atoms with Gasteiger partial charge in [0, 0.05) is 19.2 Å². The minimum atomic E-state index is 0.343. The van der Waals surface area contributed by atoms with Crippen molar-refractivity contribution in [3.05, 3.63) is 55.1 Å². The number of thiophene rings is 1. The lowest BCUT2D eigenvalue weighted by Crippen LogP contribution is -1.92. The van der Waals surface area contributed by atoms with Crippen LogP contribution in [-0.2, 0) is 6.42 Å². The van der Waals surface area contributed by atoms with Gasteiger partial charge in [-0.1, -0.05) is 39.7 Å². The monoisotopic (exact) mass is 392 g/mol. The first-order valence-electron chi connectivity index (χ1n) is 5.20. The number of rotatable bonds is 3. The Morgan fingerprint density at radius 2 is 2.12 bits per heavy atom. The summed E-state index contributed by atoms with van der Waals surface area (Å²) < 4.78 is 1.19. The van der Waals surface area contributed by atoms with E-state index in [1.807, 2.05) is 29.5 Å². The Hall–Kier alpha value is 0.170. The van der Waals surface area contributed by atoms with Crippen molar-refractivity contribution in [3.63, 3.8) is 0 Å². The number of aryl methyl sites for hydroxylation is 1. The SMILES string of the molecule is Cc1sc(C(Br)Cc2cccc(Cl)c2)cc1Br. The van der Waals surface area contributed by atoms with Crippen LogP contribution in [0.1, 0.15) is 20.1 Å². The highest BCUT2D eigenvalue weighted by molar-refractivity contribution is 9.10. The molecule has 0 fully saturated rings. The van der Waals surface area contributed by atoms with Crippen molar-refractivity contribution in [2.75, 3.05) is 0 Å². The lowest BCUT2D eigenvalue weighted by atomic mass is 10.1. The van der Waals surface area contributed by atoms with E-state index in [2.05, 4.69) is 50.9 Å². The van der Waals surface area contributed by atoms with Crippen LogP contribution in [0.3, 0.4) is 0 Å². The summed E-state index contributed by atoms with van der Waals surface area (Å²) >= 11 is 15.1. The molecule has 2 aromatic rings. The molecule has 90 valence electrons. The maximum absolute atomic E-state index is 5.98. The quantitative estimate of drug-likeness (QED) is 0.548. The molecule has 0 radical (unpaired) electrons. The molecule has 0 aliphatic heterocycles. The number of benzene rings is 1. The molecule has 0 saturated carbocycles. The Labute approximate surface area is 127 Å². The van der Waals surface area contributed by atoms with Crippen LogP contribution in [0.25, 0.3) is 0 Å². The highest BCUT2D eigenvalue weighted by atomic mass is 79.9. The van der Waals surface area contributed by atoms with E-state index in [1.54, 1.807) is 0 Å². The highest BCUT2D eigenvalue weighted by Gasteiger charge is 2.13. The predicted molar refractivity (Wildman–Crippen MR) is 83.6 cm³/mol. The molecule has 0 spiro atoms. The minimum Gasteiger partial charge on any atom is -0.143 e. The third-order valence-electron chi connectivity index (χ3n) is 2.49. The standard InChI is InChI=1S/C13H11Br2ClS/c1-8-11(14)7-13(17-8)12(15)6-9-3-2-4-10(16)5-9/h2-5,7,12H,6H2,1H3. The Kier molecular flexibility index (Phi) is 4.70. The van der Waals surface area contributed by atoms with Crippen LogP contribution < -0.4 is 0 Å². The highest BCUT2D eigenvalue weighted by Crippen LogP contribution is 2.36. The Morgan fingerprint density at radius 3 is 2.71 bits per heavy atom. The van der Waals surface area contributed by atoms with E-state index in [-0.39, 0.29) is 0 Å². The molecule has 0 bridgehead atoms. The van der Waals surface area contributed by atoms with Crippen molar-refractivity contribution in [2.45, 2.75) is 18.2 Å². The molecule has 0 saturated heterocycles. The van der Waals surface area contributed by atoms with Crippen molar-refractivity contribution >= 4 is 54.8 Å². The van der Waals surface area contributed by atoms with Crippen LogP contribution in [0, 0.1) is 6.92 Å². The maximum Gasteiger partial charge on any atom is 0.0529 e. The number of hydrogen-bond donors (Lipinski definition) is 0. The summed E-state index contributed by atoms with van der Waals surface area (Å²) in [5.74, 6) is 0. The number of hydrogen-bond acceptors (Lipinski definition) is 1. The molecule has 0 aliphatic rings. The Balaban J connectivity index is 2.14. The third kappa shape index (κ3) is 3.57. The summed E-state index contributed by atoms with van der Waals surface area (Å²) in [7, 11) is 0. The molecule has 1 aromatic carbocycles. The van der Waals surface area contributed by atoms with Crippen LogP contribution in [0.2, 0.25) is 5.02 Å². The van der Waals surface area contributed by atoms with Gasteiger partial charge in [0.05, 0.1) is 4.83 Å². The van der Waals surface area contributed by atoms with Gasteiger partial charge >= 0.3 is 0 Å². The molecule has 0 aliphatic carbocycles. The zero-order valence-corrected chi connectivity index (χ0v) is 14.0. The van der Waals surface area contributed by atoms with Gasteiger partial charge in [-0.05, 0) is 53.0 Å². The van der Waals surface area contributed by atoms with Gasteiger partial charge < -0.3 is 0 Å². The van der Waals surface area contributed by atoms with Crippen LogP contribution in [0.15, 0.2) is 34.8 Å². The summed E-state index contributed by atoms with van der Waals surface area (Å²) in [6.07, 6.45) is 0.951. The van der Waals surface area contributed by atoms with E-state index in [4.69, 9.17) is 11.6 Å². The van der Waals surface area contributed by atoms with Crippen molar-refractivity contribution in [2.24, 2.45) is 0 Å². The molecule has 0 N–H and O–H groups in total. The van der Waals surface area contributed by atoms with Gasteiger partial charge in [-0.25, -0.2) is 0 Å². The normalized spacial score (nSPS) is 12.7. The molecule has 1 aromatic heterocycles. The van der Waals surface area contributed by atoms with Gasteiger partial charge in [0.1, 0.15) is 0 Å². The molecular formula is C13H11Br2ClS. The topological polar surface area (TPSA) is 0 Å². The van der Waals surface area contributed by atoms with E-state index in [9.17, 15) is 0 Å². The van der Waals surface area contributed by atoms with Crippen molar-refractivity contribution in [1.82, 2.24) is 0 Å². The summed E-state index contributed by atoms with van der Waals surface area (Å²) in [5.41, 5.74) is 1.25. The molecule has 4 heteroatoms. The maximum atomic E-state index is 5.98. The van der Waals surface area contributed by atoms with Gasteiger partial charge in [-0.2, -0.15) is 0 Å². The zero-order valence-electron chi connectivity index (χ0n) is 9.21. The summed E-state index contributed by atoms with van der Waals surface area (Å²) in [6, 6.07) is 10.2. The molecule has 0 nitrogen and oxygen atoms in total. The molecule has 1 unspecified atom stereocenters. The molecule has 1 atom stereocenters. The largest absolute Gasteiger partial charge is 0.143 e. The van der Waals surface area contributed by atoms with E-state index >= 15 is 0 Å². The van der Waals surface area contributed by atoms with Gasteiger partial charge in [0.25, 0.3) is 0 Å². The second kappa shape index (κ2) is 5.87. The first-order valence-corrected chi connectivity index (χ1v) is 8.11. The van der Waals surface area contributed by atoms with E-state index in [1.165, 1.54) is 19.8 Å². The molecule has 17 heavy (non-hydrogen) atoms. The van der Waals surface area contributed by atoms with Crippen LogP contribution >= 0.6 is 54.8 Å². The van der Waals surface area contributed by atoms with Crippen LogP contribution in [-0.4, -0.2) is 0 Å². The fraction of sp³-hybridized carbons (Fsp3) is 0.231. The fourth-order valence-electron chi connectivity index (χ4n) is 1.61. The first-order chi connectivity index (χ1) is 8.06. The van der Waals surface area contributed by atoms with Crippen LogP contribution in [0.5, 0.6) is 0 Å². The van der Waals surface area contributed by atoms with Crippen molar-refractivity contribution in [3.8, 4) is 0 Å². The fourth-order valence-corrected chi connectivity index (χ4v) is 4.15. The summed E-state index contributed by atoms with van der Waals surface area (Å²) in [5, 5.41) is 0.797. The van der Waals surface area contributed by atoms with E-state index in [0.29, 0.717) is 4.83 Å². The molecular weight excluding hydrogens is 383 g/mol. The third-order valence-corrected chi connectivity index (χ3v) is 6.09. The Bertz CT molecular complexity index is 502. The average molecular weight is 395 g/mol. The lowest BCUT2D eigenvalue weighted by molar-refractivity contribution is 0.969. The predicted octanol–water partition coefficient (Wildman–Crippen LogP) is 6.15. The second-order valence-electron chi connectivity index (χ2n) is 3.85. The van der Waals surface area contributed by atoms with Crippen LogP contribution in [0.4, 0.5) is 0 Å². The van der Waals surface area contributed by atoms with Gasteiger partial charge in [0.15, 0.2) is 0 Å². The lowest BCUT2D eigenvalue weighted by Gasteiger charge is -2.07. The van der Waals surface area contributed by atoms with Gasteiger partial charge in [-0.15, -0.1) is 11.3 Å². The first kappa shape index (κ1) is 13.6.